The van der Waals surface area contributed by atoms with Gasteiger partial charge in [-0.15, -0.1) is 0 Å². The van der Waals surface area contributed by atoms with Crippen LogP contribution in [0.3, 0.4) is 0 Å². The first-order valence-corrected chi connectivity index (χ1v) is 9.61. The second-order valence-electron chi connectivity index (χ2n) is 6.54. The van der Waals surface area contributed by atoms with Crippen molar-refractivity contribution in [2.75, 3.05) is 10.2 Å². The summed E-state index contributed by atoms with van der Waals surface area (Å²) in [6, 6.07) is 24.1. The molecule has 1 N–H and O–H groups in total. The van der Waals surface area contributed by atoms with E-state index >= 15 is 0 Å². The highest BCUT2D eigenvalue weighted by atomic mass is 79.9. The lowest BCUT2D eigenvalue weighted by molar-refractivity contribution is -0.120. The van der Waals surface area contributed by atoms with Crippen LogP contribution in [-0.2, 0) is 9.59 Å². The van der Waals surface area contributed by atoms with Gasteiger partial charge in [0, 0.05) is 10.2 Å². The summed E-state index contributed by atoms with van der Waals surface area (Å²) in [6.45, 7) is 1.98. The van der Waals surface area contributed by atoms with Gasteiger partial charge in [-0.05, 0) is 48.4 Å². The molecule has 5 heteroatoms. The molecule has 138 valence electrons. The van der Waals surface area contributed by atoms with E-state index < -0.39 is 0 Å². The maximum Gasteiger partial charge on any atom is 0.282 e. The van der Waals surface area contributed by atoms with E-state index in [0.717, 1.165) is 15.7 Å². The zero-order valence-corrected chi connectivity index (χ0v) is 16.7. The van der Waals surface area contributed by atoms with Crippen LogP contribution < -0.4 is 10.2 Å². The van der Waals surface area contributed by atoms with Gasteiger partial charge in [-0.3, -0.25) is 9.59 Å². The van der Waals surface area contributed by atoms with E-state index in [2.05, 4.69) is 21.2 Å². The fraction of sp³-hybridized carbons (Fsp3) is 0.0435. The van der Waals surface area contributed by atoms with E-state index in [0.29, 0.717) is 16.8 Å². The molecule has 0 aromatic heterocycles. The molecule has 0 radical (unpaired) electrons. The number of rotatable bonds is 4. The van der Waals surface area contributed by atoms with E-state index in [1.54, 1.807) is 18.2 Å². The van der Waals surface area contributed by atoms with Crippen molar-refractivity contribution in [3.63, 3.8) is 0 Å². The van der Waals surface area contributed by atoms with Crippen LogP contribution in [0.5, 0.6) is 0 Å². The lowest BCUT2D eigenvalue weighted by Crippen LogP contribution is -2.32. The van der Waals surface area contributed by atoms with Crippen LogP contribution in [0.15, 0.2) is 89.0 Å². The van der Waals surface area contributed by atoms with Crippen molar-refractivity contribution in [3.8, 4) is 0 Å². The maximum absolute atomic E-state index is 13.3. The average molecular weight is 433 g/mol. The highest BCUT2D eigenvalue weighted by molar-refractivity contribution is 9.10. The predicted octanol–water partition coefficient (Wildman–Crippen LogP) is 5.15. The van der Waals surface area contributed by atoms with Gasteiger partial charge in [0.1, 0.15) is 5.70 Å². The number of halogens is 1. The normalized spacial score (nSPS) is 14.0. The van der Waals surface area contributed by atoms with Crippen LogP contribution in [0, 0.1) is 6.92 Å². The minimum absolute atomic E-state index is 0.279. The fourth-order valence-electron chi connectivity index (χ4n) is 3.24. The van der Waals surface area contributed by atoms with Crippen molar-refractivity contribution in [3.05, 3.63) is 100 Å². The molecule has 3 aromatic carbocycles. The molecule has 28 heavy (non-hydrogen) atoms. The van der Waals surface area contributed by atoms with E-state index in [-0.39, 0.29) is 17.5 Å². The Hall–Kier alpha value is -3.18. The molecule has 0 saturated carbocycles. The molecular weight excluding hydrogens is 416 g/mol. The van der Waals surface area contributed by atoms with Crippen molar-refractivity contribution < 1.29 is 9.59 Å². The molecule has 0 bridgehead atoms. The number of hydrogen-bond acceptors (Lipinski definition) is 3. The standard InChI is InChI=1S/C23H17BrN2O2/c1-15-7-5-11-18(13-15)25-21-20(16-8-3-2-4-9-16)22(27)26(23(21)28)19-12-6-10-17(24)14-19/h2-14,25H,1H3. The number of aryl methyl sites for hydroxylation is 1. The largest absolute Gasteiger partial charge is 0.350 e. The number of nitrogens with one attached hydrogen (secondary N) is 1. The Bertz CT molecular complexity index is 1110. The van der Waals surface area contributed by atoms with E-state index in [1.807, 2.05) is 67.6 Å². The maximum atomic E-state index is 13.3. The smallest absolute Gasteiger partial charge is 0.282 e. The van der Waals surface area contributed by atoms with Gasteiger partial charge < -0.3 is 5.32 Å². The van der Waals surface area contributed by atoms with Crippen LogP contribution in [0.2, 0.25) is 0 Å². The molecule has 0 atom stereocenters. The number of anilines is 2. The van der Waals surface area contributed by atoms with Gasteiger partial charge >= 0.3 is 0 Å². The lowest BCUT2D eigenvalue weighted by Gasteiger charge is -2.15. The molecule has 0 spiro atoms. The molecule has 1 heterocycles. The lowest BCUT2D eigenvalue weighted by atomic mass is 10.0. The van der Waals surface area contributed by atoms with Crippen LogP contribution >= 0.6 is 15.9 Å². The summed E-state index contributed by atoms with van der Waals surface area (Å²) in [5.74, 6) is -0.715. The van der Waals surface area contributed by atoms with Crippen LogP contribution in [-0.4, -0.2) is 11.8 Å². The first-order chi connectivity index (χ1) is 13.5. The van der Waals surface area contributed by atoms with E-state index in [9.17, 15) is 9.59 Å². The Balaban J connectivity index is 1.83. The summed E-state index contributed by atoms with van der Waals surface area (Å²) in [4.78, 5) is 27.8. The van der Waals surface area contributed by atoms with Gasteiger partial charge in [-0.1, -0.05) is 64.5 Å². The number of nitrogens with zero attached hydrogens (tertiary/aromatic N) is 1. The monoisotopic (exact) mass is 432 g/mol. The molecule has 0 unspecified atom stereocenters. The Morgan fingerprint density at radius 2 is 1.57 bits per heavy atom. The minimum atomic E-state index is -0.372. The Kier molecular flexibility index (Phi) is 4.84. The molecule has 2 amide bonds. The number of amides is 2. The van der Waals surface area contributed by atoms with Gasteiger partial charge in [0.15, 0.2) is 0 Å². The topological polar surface area (TPSA) is 49.4 Å². The number of carbonyl (C=O) groups excluding carboxylic acids is 2. The molecular formula is C23H17BrN2O2. The third kappa shape index (κ3) is 3.37. The van der Waals surface area contributed by atoms with Crippen molar-refractivity contribution in [2.24, 2.45) is 0 Å². The van der Waals surface area contributed by atoms with Gasteiger partial charge in [0.2, 0.25) is 0 Å². The Labute approximate surface area is 171 Å². The van der Waals surface area contributed by atoms with Gasteiger partial charge in [0.05, 0.1) is 11.3 Å². The van der Waals surface area contributed by atoms with Crippen LogP contribution in [0.4, 0.5) is 11.4 Å². The van der Waals surface area contributed by atoms with Gasteiger partial charge in [-0.2, -0.15) is 0 Å². The quantitative estimate of drug-likeness (QED) is 0.579. The summed E-state index contributed by atoms with van der Waals surface area (Å²) in [7, 11) is 0. The molecule has 4 nitrogen and oxygen atoms in total. The molecule has 1 aliphatic rings. The Morgan fingerprint density at radius 1 is 0.821 bits per heavy atom. The number of hydrogen-bond donors (Lipinski definition) is 1. The highest BCUT2D eigenvalue weighted by Gasteiger charge is 2.40. The van der Waals surface area contributed by atoms with Gasteiger partial charge in [0.25, 0.3) is 11.8 Å². The molecule has 3 aromatic rings. The van der Waals surface area contributed by atoms with Crippen molar-refractivity contribution in [1.29, 1.82) is 0 Å². The molecule has 0 fully saturated rings. The first-order valence-electron chi connectivity index (χ1n) is 8.82. The van der Waals surface area contributed by atoms with E-state index in [1.165, 1.54) is 4.90 Å². The summed E-state index contributed by atoms with van der Waals surface area (Å²) >= 11 is 3.41. The third-order valence-corrected chi connectivity index (χ3v) is 4.99. The molecule has 0 saturated heterocycles. The van der Waals surface area contributed by atoms with Crippen LogP contribution in [0.25, 0.3) is 5.57 Å². The third-order valence-electron chi connectivity index (χ3n) is 4.50. The van der Waals surface area contributed by atoms with Crippen molar-refractivity contribution in [2.45, 2.75) is 6.92 Å². The second kappa shape index (κ2) is 7.44. The zero-order valence-electron chi connectivity index (χ0n) is 15.1. The zero-order chi connectivity index (χ0) is 19.7. The van der Waals surface area contributed by atoms with Crippen molar-refractivity contribution in [1.82, 2.24) is 0 Å². The van der Waals surface area contributed by atoms with Gasteiger partial charge in [-0.25, -0.2) is 4.90 Å². The van der Waals surface area contributed by atoms with Crippen LogP contribution in [0.1, 0.15) is 11.1 Å². The minimum Gasteiger partial charge on any atom is -0.350 e. The first kappa shape index (κ1) is 18.2. The summed E-state index contributed by atoms with van der Waals surface area (Å²) in [5.41, 5.74) is 3.70. The highest BCUT2D eigenvalue weighted by Crippen LogP contribution is 2.34. The second-order valence-corrected chi connectivity index (χ2v) is 7.45. The molecule has 0 aliphatic carbocycles. The predicted molar refractivity (Wildman–Crippen MR) is 115 cm³/mol. The summed E-state index contributed by atoms with van der Waals surface area (Å²) in [6.07, 6.45) is 0. The fourth-order valence-corrected chi connectivity index (χ4v) is 3.62. The summed E-state index contributed by atoms with van der Waals surface area (Å²) < 4.78 is 0.798. The molecule has 1 aliphatic heterocycles. The summed E-state index contributed by atoms with van der Waals surface area (Å²) in [5, 5.41) is 3.18. The Morgan fingerprint density at radius 3 is 2.29 bits per heavy atom. The number of benzene rings is 3. The number of imide groups is 1. The molecule has 4 rings (SSSR count). The SMILES string of the molecule is Cc1cccc(NC2=C(c3ccccc3)C(=O)N(c3cccc(Br)c3)C2=O)c1. The van der Waals surface area contributed by atoms with Crippen molar-refractivity contribution >= 4 is 44.7 Å². The average Bonchev–Trinajstić information content (AvgIpc) is 2.92. The van der Waals surface area contributed by atoms with E-state index in [4.69, 9.17) is 0 Å². The number of carbonyl (C=O) groups is 2.